The molecular formula is C21H19BrN2O2. The van der Waals surface area contributed by atoms with Crippen LogP contribution in [0.15, 0.2) is 59.1 Å². The Hall–Kier alpha value is -2.24. The normalized spacial score (nSPS) is 16.7. The van der Waals surface area contributed by atoms with Crippen LogP contribution in [-0.4, -0.2) is 30.1 Å². The van der Waals surface area contributed by atoms with E-state index in [1.807, 2.05) is 54.6 Å². The van der Waals surface area contributed by atoms with Crippen LogP contribution >= 0.6 is 15.9 Å². The van der Waals surface area contributed by atoms with E-state index in [0.29, 0.717) is 12.1 Å². The number of carbonyl (C=O) groups excluding carboxylic acids is 1. The third kappa shape index (κ3) is 3.64. The Balaban J connectivity index is 1.69. The van der Waals surface area contributed by atoms with Crippen molar-refractivity contribution in [1.29, 1.82) is 0 Å². The Morgan fingerprint density at radius 3 is 2.77 bits per heavy atom. The lowest BCUT2D eigenvalue weighted by Crippen LogP contribution is -2.31. The summed E-state index contributed by atoms with van der Waals surface area (Å²) in [6.07, 6.45) is 2.19. The summed E-state index contributed by atoms with van der Waals surface area (Å²) in [5.41, 5.74) is 3.23. The van der Waals surface area contributed by atoms with E-state index in [1.54, 1.807) is 0 Å². The molecule has 0 bridgehead atoms. The van der Waals surface area contributed by atoms with Crippen LogP contribution in [0.1, 0.15) is 23.2 Å². The van der Waals surface area contributed by atoms with Crippen molar-refractivity contribution in [2.75, 3.05) is 13.2 Å². The molecule has 0 spiro atoms. The van der Waals surface area contributed by atoms with Crippen LogP contribution in [0.25, 0.3) is 22.2 Å². The number of hydrogen-bond donors (Lipinski definition) is 1. The summed E-state index contributed by atoms with van der Waals surface area (Å²) >= 11 is 3.45. The van der Waals surface area contributed by atoms with Gasteiger partial charge in [0.25, 0.3) is 5.91 Å². The molecular weight excluding hydrogens is 392 g/mol. The van der Waals surface area contributed by atoms with Crippen molar-refractivity contribution >= 4 is 32.7 Å². The number of rotatable bonds is 4. The monoisotopic (exact) mass is 410 g/mol. The third-order valence-electron chi connectivity index (χ3n) is 4.62. The Kier molecular flexibility index (Phi) is 5.00. The SMILES string of the molecule is O=C(NC[C@@H]1CCCO1)c1cc(-c2ccc(Br)cc2)nc2ccccc12. The molecule has 1 aliphatic heterocycles. The predicted octanol–water partition coefficient (Wildman–Crippen LogP) is 4.57. The number of fused-ring (bicyclic) bond motifs is 1. The second kappa shape index (κ2) is 7.56. The van der Waals surface area contributed by atoms with Gasteiger partial charge in [-0.25, -0.2) is 4.98 Å². The van der Waals surface area contributed by atoms with E-state index < -0.39 is 0 Å². The molecule has 1 amide bonds. The second-order valence-corrected chi connectivity index (χ2v) is 7.34. The van der Waals surface area contributed by atoms with E-state index in [4.69, 9.17) is 9.72 Å². The maximum atomic E-state index is 12.9. The summed E-state index contributed by atoms with van der Waals surface area (Å²) < 4.78 is 6.61. The van der Waals surface area contributed by atoms with Gasteiger partial charge in [0.1, 0.15) is 0 Å². The average Bonchev–Trinajstić information content (AvgIpc) is 3.19. The van der Waals surface area contributed by atoms with E-state index in [0.717, 1.165) is 46.1 Å². The maximum Gasteiger partial charge on any atom is 0.252 e. The molecule has 4 rings (SSSR count). The van der Waals surface area contributed by atoms with Gasteiger partial charge in [0.15, 0.2) is 0 Å². The van der Waals surface area contributed by atoms with Gasteiger partial charge < -0.3 is 10.1 Å². The highest BCUT2D eigenvalue weighted by Gasteiger charge is 2.18. The van der Waals surface area contributed by atoms with Gasteiger partial charge >= 0.3 is 0 Å². The standard InChI is InChI=1S/C21H19BrN2O2/c22-15-9-7-14(8-10-15)20-12-18(17-5-1-2-6-19(17)24-20)21(25)23-13-16-4-3-11-26-16/h1-2,5-10,12,16H,3-4,11,13H2,(H,23,25)/t16-/m0/s1. The molecule has 0 radical (unpaired) electrons. The summed E-state index contributed by atoms with van der Waals surface area (Å²) in [7, 11) is 0. The van der Waals surface area contributed by atoms with Gasteiger partial charge in [0, 0.05) is 28.6 Å². The van der Waals surface area contributed by atoms with Crippen LogP contribution in [0.3, 0.4) is 0 Å². The molecule has 3 aromatic rings. The predicted molar refractivity (Wildman–Crippen MR) is 106 cm³/mol. The maximum absolute atomic E-state index is 12.9. The molecule has 26 heavy (non-hydrogen) atoms. The van der Waals surface area contributed by atoms with E-state index in [-0.39, 0.29) is 12.0 Å². The minimum Gasteiger partial charge on any atom is -0.376 e. The fourth-order valence-electron chi connectivity index (χ4n) is 3.24. The molecule has 0 aliphatic carbocycles. The molecule has 2 aromatic carbocycles. The van der Waals surface area contributed by atoms with Crippen molar-refractivity contribution < 1.29 is 9.53 Å². The Labute approximate surface area is 160 Å². The van der Waals surface area contributed by atoms with Gasteiger partial charge in [-0.2, -0.15) is 0 Å². The minimum atomic E-state index is -0.0857. The Morgan fingerprint density at radius 1 is 1.19 bits per heavy atom. The first-order valence-corrected chi connectivity index (χ1v) is 9.55. The van der Waals surface area contributed by atoms with Crippen LogP contribution in [0, 0.1) is 0 Å². The average molecular weight is 411 g/mol. The first kappa shape index (κ1) is 17.2. The molecule has 1 aromatic heterocycles. The van der Waals surface area contributed by atoms with Crippen molar-refractivity contribution in [3.8, 4) is 11.3 Å². The summed E-state index contributed by atoms with van der Waals surface area (Å²) in [6.45, 7) is 1.33. The number of benzene rings is 2. The van der Waals surface area contributed by atoms with E-state index in [9.17, 15) is 4.79 Å². The van der Waals surface area contributed by atoms with Crippen molar-refractivity contribution in [2.24, 2.45) is 0 Å². The van der Waals surface area contributed by atoms with E-state index in [2.05, 4.69) is 21.2 Å². The van der Waals surface area contributed by atoms with Gasteiger partial charge in [-0.3, -0.25) is 4.79 Å². The van der Waals surface area contributed by atoms with Crippen LogP contribution in [0.2, 0.25) is 0 Å². The topological polar surface area (TPSA) is 51.2 Å². The highest BCUT2D eigenvalue weighted by Crippen LogP contribution is 2.26. The Bertz CT molecular complexity index is 934. The largest absolute Gasteiger partial charge is 0.376 e. The summed E-state index contributed by atoms with van der Waals surface area (Å²) in [5, 5.41) is 3.88. The smallest absolute Gasteiger partial charge is 0.252 e. The molecule has 132 valence electrons. The molecule has 1 N–H and O–H groups in total. The number of nitrogens with one attached hydrogen (secondary N) is 1. The van der Waals surface area contributed by atoms with Crippen LogP contribution in [0.4, 0.5) is 0 Å². The molecule has 4 nitrogen and oxygen atoms in total. The van der Waals surface area contributed by atoms with Gasteiger partial charge in [-0.05, 0) is 37.1 Å². The zero-order chi connectivity index (χ0) is 17.9. The zero-order valence-corrected chi connectivity index (χ0v) is 15.8. The minimum absolute atomic E-state index is 0.0857. The highest BCUT2D eigenvalue weighted by molar-refractivity contribution is 9.10. The zero-order valence-electron chi connectivity index (χ0n) is 14.2. The second-order valence-electron chi connectivity index (χ2n) is 6.42. The Morgan fingerprint density at radius 2 is 2.00 bits per heavy atom. The van der Waals surface area contributed by atoms with Gasteiger partial charge in [-0.1, -0.05) is 46.3 Å². The molecule has 0 unspecified atom stereocenters. The highest BCUT2D eigenvalue weighted by atomic mass is 79.9. The molecule has 1 atom stereocenters. The summed E-state index contributed by atoms with van der Waals surface area (Å²) in [6, 6.07) is 17.6. The van der Waals surface area contributed by atoms with E-state index in [1.165, 1.54) is 0 Å². The number of nitrogens with zero attached hydrogens (tertiary/aromatic N) is 1. The first-order valence-electron chi connectivity index (χ1n) is 8.76. The van der Waals surface area contributed by atoms with E-state index >= 15 is 0 Å². The number of halogens is 1. The van der Waals surface area contributed by atoms with Gasteiger partial charge in [0.05, 0.1) is 22.9 Å². The number of amides is 1. The third-order valence-corrected chi connectivity index (χ3v) is 5.14. The summed E-state index contributed by atoms with van der Waals surface area (Å²) in [5.74, 6) is -0.0857. The number of hydrogen-bond acceptors (Lipinski definition) is 3. The van der Waals surface area contributed by atoms with Crippen LogP contribution in [-0.2, 0) is 4.74 Å². The fourth-order valence-corrected chi connectivity index (χ4v) is 3.50. The molecule has 5 heteroatoms. The van der Waals surface area contributed by atoms with Crippen LogP contribution in [0.5, 0.6) is 0 Å². The molecule has 2 heterocycles. The van der Waals surface area contributed by atoms with Crippen molar-refractivity contribution in [2.45, 2.75) is 18.9 Å². The summed E-state index contributed by atoms with van der Waals surface area (Å²) in [4.78, 5) is 17.6. The number of carbonyl (C=O) groups is 1. The van der Waals surface area contributed by atoms with Crippen LogP contribution < -0.4 is 5.32 Å². The lowest BCUT2D eigenvalue weighted by atomic mass is 10.0. The molecule has 1 aliphatic rings. The van der Waals surface area contributed by atoms with Crippen molar-refractivity contribution in [3.63, 3.8) is 0 Å². The molecule has 1 fully saturated rings. The fraction of sp³-hybridized carbons (Fsp3) is 0.238. The quantitative estimate of drug-likeness (QED) is 0.684. The number of ether oxygens (including phenoxy) is 1. The molecule has 0 saturated carbocycles. The lowest BCUT2D eigenvalue weighted by Gasteiger charge is -2.13. The number of pyridine rings is 1. The molecule has 1 saturated heterocycles. The number of para-hydroxylation sites is 1. The van der Waals surface area contributed by atoms with Crippen molar-refractivity contribution in [1.82, 2.24) is 10.3 Å². The first-order chi connectivity index (χ1) is 12.7. The number of aromatic nitrogens is 1. The van der Waals surface area contributed by atoms with Gasteiger partial charge in [0.2, 0.25) is 0 Å². The lowest BCUT2D eigenvalue weighted by molar-refractivity contribution is 0.0859. The van der Waals surface area contributed by atoms with Crippen molar-refractivity contribution in [3.05, 3.63) is 64.6 Å². The van der Waals surface area contributed by atoms with Gasteiger partial charge in [-0.15, -0.1) is 0 Å².